The van der Waals surface area contributed by atoms with Gasteiger partial charge in [0.05, 0.1) is 6.20 Å². The number of benzene rings is 1. The Labute approximate surface area is 155 Å². The Morgan fingerprint density at radius 2 is 2.08 bits per heavy atom. The van der Waals surface area contributed by atoms with Crippen molar-refractivity contribution in [2.45, 2.75) is 24.9 Å². The number of nitrogens with zero attached hydrogens (tertiary/aromatic N) is 4. The normalized spacial score (nSPS) is 22.5. The van der Waals surface area contributed by atoms with Gasteiger partial charge in [-0.25, -0.2) is 0 Å². The summed E-state index contributed by atoms with van der Waals surface area (Å²) in [5.74, 6) is 0.120. The zero-order valence-corrected chi connectivity index (χ0v) is 15.9. The van der Waals surface area contributed by atoms with E-state index < -0.39 is 6.04 Å². The van der Waals surface area contributed by atoms with Gasteiger partial charge in [-0.15, -0.1) is 0 Å². The zero-order valence-electron chi connectivity index (χ0n) is 15.9. The van der Waals surface area contributed by atoms with E-state index in [9.17, 15) is 4.79 Å². The standard InChI is InChI=1S/C20H29N5O/c1-23-11-7-10-16(18(23)17-12-22-25(3)14-17)13-24(2)19(20(21)26)15-8-5-4-6-9-15/h4-6,8-9,12,14,16,18-19H,7,10-11,13H2,1-3H3,(H2,21,26)/t16-,18+,19-/m0/s1. The van der Waals surface area contributed by atoms with Gasteiger partial charge in [0.15, 0.2) is 0 Å². The van der Waals surface area contributed by atoms with Crippen molar-refractivity contribution in [3.63, 3.8) is 0 Å². The van der Waals surface area contributed by atoms with Crippen LogP contribution in [0.25, 0.3) is 0 Å². The molecule has 0 unspecified atom stereocenters. The molecule has 0 radical (unpaired) electrons. The maximum absolute atomic E-state index is 12.2. The zero-order chi connectivity index (χ0) is 18.7. The van der Waals surface area contributed by atoms with Crippen LogP contribution >= 0.6 is 0 Å². The second-order valence-electron chi connectivity index (χ2n) is 7.43. The topological polar surface area (TPSA) is 67.4 Å². The molecule has 1 amide bonds. The van der Waals surface area contributed by atoms with Crippen molar-refractivity contribution in [1.29, 1.82) is 0 Å². The minimum Gasteiger partial charge on any atom is -0.368 e. The summed E-state index contributed by atoms with van der Waals surface area (Å²) >= 11 is 0. The highest BCUT2D eigenvalue weighted by molar-refractivity contribution is 5.81. The second kappa shape index (κ2) is 8.01. The van der Waals surface area contributed by atoms with E-state index in [1.54, 1.807) is 0 Å². The number of carbonyl (C=O) groups is 1. The number of amides is 1. The number of likely N-dealkylation sites (N-methyl/N-ethyl adjacent to an activating group) is 1. The molecule has 6 heteroatoms. The lowest BCUT2D eigenvalue weighted by Gasteiger charge is -2.41. The van der Waals surface area contributed by atoms with Gasteiger partial charge in [-0.2, -0.15) is 5.10 Å². The van der Waals surface area contributed by atoms with Gasteiger partial charge in [0.25, 0.3) is 0 Å². The molecule has 1 saturated heterocycles. The number of aryl methyl sites for hydroxylation is 1. The van der Waals surface area contributed by atoms with Gasteiger partial charge in [0.1, 0.15) is 6.04 Å². The van der Waals surface area contributed by atoms with E-state index >= 15 is 0 Å². The van der Waals surface area contributed by atoms with Crippen LogP contribution in [0.1, 0.15) is 36.1 Å². The average Bonchev–Trinajstić information content (AvgIpc) is 3.01. The summed E-state index contributed by atoms with van der Waals surface area (Å²) in [6.45, 7) is 1.89. The summed E-state index contributed by atoms with van der Waals surface area (Å²) in [7, 11) is 6.12. The SMILES string of the molecule is CN(C[C@@H]1CCCN(C)[C@H]1c1cnn(C)c1)[C@H](C(N)=O)c1ccccc1. The minimum atomic E-state index is -0.405. The fourth-order valence-electron chi connectivity index (χ4n) is 4.32. The largest absolute Gasteiger partial charge is 0.368 e. The monoisotopic (exact) mass is 355 g/mol. The van der Waals surface area contributed by atoms with Crippen molar-refractivity contribution in [1.82, 2.24) is 19.6 Å². The summed E-state index contributed by atoms with van der Waals surface area (Å²) in [6, 6.07) is 9.70. The first-order chi connectivity index (χ1) is 12.5. The molecule has 3 rings (SSSR count). The third kappa shape index (κ3) is 3.97. The van der Waals surface area contributed by atoms with Gasteiger partial charge in [-0.05, 0) is 45.0 Å². The molecule has 0 aliphatic carbocycles. The van der Waals surface area contributed by atoms with Crippen LogP contribution in [0.4, 0.5) is 0 Å². The maximum atomic E-state index is 12.2. The summed E-state index contributed by atoms with van der Waals surface area (Å²) in [5, 5.41) is 4.35. The van der Waals surface area contributed by atoms with E-state index in [1.165, 1.54) is 12.0 Å². The van der Waals surface area contributed by atoms with E-state index in [-0.39, 0.29) is 5.91 Å². The first-order valence-electron chi connectivity index (χ1n) is 9.20. The number of rotatable bonds is 6. The smallest absolute Gasteiger partial charge is 0.239 e. The number of primary amides is 1. The van der Waals surface area contributed by atoms with E-state index in [0.717, 1.165) is 25.1 Å². The molecule has 1 aromatic heterocycles. The molecule has 2 aromatic rings. The molecule has 0 bridgehead atoms. The molecule has 2 heterocycles. The fourth-order valence-corrected chi connectivity index (χ4v) is 4.32. The third-order valence-electron chi connectivity index (χ3n) is 5.42. The van der Waals surface area contributed by atoms with E-state index in [0.29, 0.717) is 12.0 Å². The van der Waals surface area contributed by atoms with Gasteiger partial charge in [0.2, 0.25) is 5.91 Å². The highest BCUT2D eigenvalue weighted by atomic mass is 16.1. The van der Waals surface area contributed by atoms with Gasteiger partial charge < -0.3 is 5.73 Å². The highest BCUT2D eigenvalue weighted by Crippen LogP contribution is 2.36. The summed E-state index contributed by atoms with van der Waals surface area (Å²) in [6.07, 6.45) is 6.36. The Hall–Kier alpha value is -2.18. The molecule has 140 valence electrons. The Bertz CT molecular complexity index is 729. The third-order valence-corrected chi connectivity index (χ3v) is 5.42. The Kier molecular flexibility index (Phi) is 5.74. The second-order valence-corrected chi connectivity index (χ2v) is 7.43. The molecule has 0 saturated carbocycles. The summed E-state index contributed by atoms with van der Waals surface area (Å²) in [4.78, 5) is 16.7. The van der Waals surface area contributed by atoms with Crippen LogP contribution in [-0.4, -0.2) is 52.7 Å². The number of piperidine rings is 1. The number of carbonyl (C=O) groups excluding carboxylic acids is 1. The van der Waals surface area contributed by atoms with Crippen LogP contribution in [-0.2, 0) is 11.8 Å². The van der Waals surface area contributed by atoms with E-state index in [2.05, 4.69) is 28.1 Å². The number of aromatic nitrogens is 2. The van der Waals surface area contributed by atoms with Gasteiger partial charge in [-0.3, -0.25) is 19.3 Å². The van der Waals surface area contributed by atoms with Crippen molar-refractivity contribution in [2.75, 3.05) is 27.2 Å². The number of likely N-dealkylation sites (tertiary alicyclic amines) is 1. The molecule has 3 atom stereocenters. The van der Waals surface area contributed by atoms with Crippen LogP contribution in [0, 0.1) is 5.92 Å². The molecule has 1 aliphatic rings. The van der Waals surface area contributed by atoms with Crippen LogP contribution in [0.2, 0.25) is 0 Å². The molecule has 1 aromatic carbocycles. The Morgan fingerprint density at radius 3 is 2.69 bits per heavy atom. The van der Waals surface area contributed by atoms with Gasteiger partial charge in [-0.1, -0.05) is 30.3 Å². The maximum Gasteiger partial charge on any atom is 0.239 e. The van der Waals surface area contributed by atoms with Crippen molar-refractivity contribution >= 4 is 5.91 Å². The van der Waals surface area contributed by atoms with E-state index in [4.69, 9.17) is 5.73 Å². The number of nitrogens with two attached hydrogens (primary N) is 1. The summed E-state index contributed by atoms with van der Waals surface area (Å²) in [5.41, 5.74) is 7.93. The van der Waals surface area contributed by atoms with Crippen LogP contribution in [0.5, 0.6) is 0 Å². The lowest BCUT2D eigenvalue weighted by Crippen LogP contribution is -2.44. The fraction of sp³-hybridized carbons (Fsp3) is 0.500. The molecule has 6 nitrogen and oxygen atoms in total. The molecular weight excluding hydrogens is 326 g/mol. The van der Waals surface area contributed by atoms with Crippen molar-refractivity contribution in [3.8, 4) is 0 Å². The lowest BCUT2D eigenvalue weighted by atomic mass is 9.85. The Morgan fingerprint density at radius 1 is 1.35 bits per heavy atom. The van der Waals surface area contributed by atoms with Crippen molar-refractivity contribution < 1.29 is 4.79 Å². The first kappa shape index (κ1) is 18.6. The van der Waals surface area contributed by atoms with Crippen LogP contribution in [0.3, 0.4) is 0 Å². The predicted molar refractivity (Wildman–Crippen MR) is 102 cm³/mol. The number of hydrogen-bond donors (Lipinski definition) is 1. The Balaban J connectivity index is 1.81. The molecule has 26 heavy (non-hydrogen) atoms. The molecule has 2 N–H and O–H groups in total. The highest BCUT2D eigenvalue weighted by Gasteiger charge is 2.34. The van der Waals surface area contributed by atoms with Crippen LogP contribution < -0.4 is 5.73 Å². The lowest BCUT2D eigenvalue weighted by molar-refractivity contribution is -0.123. The molecule has 1 aliphatic heterocycles. The molecule has 1 fully saturated rings. The first-order valence-corrected chi connectivity index (χ1v) is 9.20. The average molecular weight is 355 g/mol. The van der Waals surface area contributed by atoms with Crippen molar-refractivity contribution in [3.05, 3.63) is 53.9 Å². The number of hydrogen-bond acceptors (Lipinski definition) is 4. The van der Waals surface area contributed by atoms with Gasteiger partial charge >= 0.3 is 0 Å². The van der Waals surface area contributed by atoms with E-state index in [1.807, 2.05) is 55.3 Å². The predicted octanol–water partition coefficient (Wildman–Crippen LogP) is 1.96. The van der Waals surface area contributed by atoms with Crippen molar-refractivity contribution in [2.24, 2.45) is 18.7 Å². The van der Waals surface area contributed by atoms with Crippen LogP contribution in [0.15, 0.2) is 42.7 Å². The molecular formula is C20H29N5O. The summed E-state index contributed by atoms with van der Waals surface area (Å²) < 4.78 is 1.86. The molecule has 0 spiro atoms. The van der Waals surface area contributed by atoms with Gasteiger partial charge in [0, 0.05) is 31.4 Å². The minimum absolute atomic E-state index is 0.305. The quantitative estimate of drug-likeness (QED) is 0.860.